The fraction of sp³-hybridized carbons (Fsp3) is 0.875. The van der Waals surface area contributed by atoms with Gasteiger partial charge in [0.2, 0.25) is 0 Å². The normalized spacial score (nSPS) is 11.0. The molecule has 4 nitrogen and oxygen atoms in total. The van der Waals surface area contributed by atoms with Crippen molar-refractivity contribution in [2.75, 3.05) is 0 Å². The summed E-state index contributed by atoms with van der Waals surface area (Å²) in [5.74, 6) is -1.89. The minimum Gasteiger partial charge on any atom is -0.550 e. The van der Waals surface area contributed by atoms with Gasteiger partial charge in [-0.15, -0.1) is 0 Å². The Morgan fingerprint density at radius 2 is 1.00 bits per heavy atom. The van der Waals surface area contributed by atoms with Crippen LogP contribution < -0.4 is 10.2 Å². The van der Waals surface area contributed by atoms with E-state index in [1.54, 1.807) is 27.7 Å². The molecule has 0 spiro atoms. The zero-order valence-electron chi connectivity index (χ0n) is 14.6. The Morgan fingerprint density at radius 3 is 1.14 bits per heavy atom. The molecule has 0 amide bonds. The third-order valence-electron chi connectivity index (χ3n) is 3.42. The molecule has 0 rings (SSSR count). The number of rotatable bonds is 8. The van der Waals surface area contributed by atoms with Crippen molar-refractivity contribution in [2.45, 2.75) is 80.1 Å². The van der Waals surface area contributed by atoms with Crippen molar-refractivity contribution >= 4 is 11.9 Å². The average Bonchev–Trinajstić information content (AvgIpc) is 2.34. The number of carbonyl (C=O) groups is 2. The Labute approximate surface area is 149 Å². The maximum Gasteiger partial charge on any atom is 2.00 e. The zero-order valence-corrected chi connectivity index (χ0v) is 18.6. The Balaban J connectivity index is -0.000000295. The van der Waals surface area contributed by atoms with Gasteiger partial charge in [0.25, 0.3) is 0 Å². The fourth-order valence-corrected chi connectivity index (χ4v) is 1.44. The monoisotopic (exact) mass is 400 g/mol. The molecule has 0 unspecified atom stereocenters. The maximum atomic E-state index is 10.4. The number of carboxylic acids is 2. The molecule has 21 heavy (non-hydrogen) atoms. The van der Waals surface area contributed by atoms with Crippen LogP contribution in [0.5, 0.6) is 0 Å². The summed E-state index contributed by atoms with van der Waals surface area (Å²) in [6.07, 6.45) is 5.42. The van der Waals surface area contributed by atoms with Gasteiger partial charge in [-0.3, -0.25) is 0 Å². The van der Waals surface area contributed by atoms with E-state index in [1.807, 2.05) is 13.8 Å². The molecule has 0 aliphatic carbocycles. The van der Waals surface area contributed by atoms with Crippen LogP contribution in [0.25, 0.3) is 0 Å². The van der Waals surface area contributed by atoms with Crippen molar-refractivity contribution in [2.24, 2.45) is 10.8 Å². The van der Waals surface area contributed by atoms with E-state index in [1.165, 1.54) is 0 Å². The van der Waals surface area contributed by atoms with Gasteiger partial charge in [0.15, 0.2) is 0 Å². The fourth-order valence-electron chi connectivity index (χ4n) is 1.44. The molecule has 0 N–H and O–H groups in total. The van der Waals surface area contributed by atoms with Gasteiger partial charge < -0.3 is 19.8 Å². The van der Waals surface area contributed by atoms with Crippen molar-refractivity contribution in [3.05, 3.63) is 0 Å². The molecule has 0 radical (unpaired) electrons. The van der Waals surface area contributed by atoms with Crippen LogP contribution in [0, 0.1) is 10.8 Å². The molecule has 0 atom stereocenters. The first-order chi connectivity index (χ1) is 9.01. The zero-order chi connectivity index (χ0) is 16.4. The summed E-state index contributed by atoms with van der Waals surface area (Å²) in [7, 11) is 0. The summed E-state index contributed by atoms with van der Waals surface area (Å²) in [5.41, 5.74) is -1.29. The van der Waals surface area contributed by atoms with Crippen LogP contribution in [0.4, 0.5) is 0 Å². The van der Waals surface area contributed by atoms with E-state index in [0.29, 0.717) is 12.8 Å². The van der Waals surface area contributed by atoms with Crippen molar-refractivity contribution in [3.63, 3.8) is 0 Å². The van der Waals surface area contributed by atoms with Gasteiger partial charge in [-0.05, 0) is 12.8 Å². The molecule has 0 aliphatic rings. The Bertz CT molecular complexity index is 269. The molecular weight excluding hydrogens is 369 g/mol. The second kappa shape index (κ2) is 12.4. The summed E-state index contributed by atoms with van der Waals surface area (Å²) in [5, 5.41) is 20.8. The van der Waals surface area contributed by atoms with Gasteiger partial charge in [-0.25, -0.2) is 0 Å². The molecule has 0 aliphatic heterocycles. The third kappa shape index (κ3) is 13.3. The molecular formula is C16H30CdO4. The van der Waals surface area contributed by atoms with Crippen molar-refractivity contribution in [1.29, 1.82) is 0 Å². The van der Waals surface area contributed by atoms with E-state index in [4.69, 9.17) is 0 Å². The number of hydrogen-bond donors (Lipinski definition) is 0. The topological polar surface area (TPSA) is 80.3 Å². The van der Waals surface area contributed by atoms with Crippen LogP contribution >= 0.6 is 0 Å². The first-order valence-corrected chi connectivity index (χ1v) is 7.44. The quantitative estimate of drug-likeness (QED) is 0.585. The van der Waals surface area contributed by atoms with Gasteiger partial charge in [-0.2, -0.15) is 0 Å². The first kappa shape index (κ1) is 25.8. The van der Waals surface area contributed by atoms with E-state index in [2.05, 4.69) is 0 Å². The molecule has 0 aromatic heterocycles. The Morgan fingerprint density at radius 1 is 0.762 bits per heavy atom. The number of carboxylic acid groups (broad SMARTS) is 2. The van der Waals surface area contributed by atoms with E-state index in [0.717, 1.165) is 25.7 Å². The smallest absolute Gasteiger partial charge is 0.550 e. The van der Waals surface area contributed by atoms with Gasteiger partial charge >= 0.3 is 27.3 Å². The summed E-state index contributed by atoms with van der Waals surface area (Å²) in [4.78, 5) is 20.8. The molecule has 0 aromatic carbocycles. The number of carbonyl (C=O) groups excluding carboxylic acids is 2. The molecule has 0 fully saturated rings. The molecule has 5 heteroatoms. The largest absolute Gasteiger partial charge is 2.00 e. The number of hydrogen-bond acceptors (Lipinski definition) is 4. The van der Waals surface area contributed by atoms with Crippen LogP contribution in [0.15, 0.2) is 0 Å². The third-order valence-corrected chi connectivity index (χ3v) is 3.42. The SMILES string of the molecule is CCCCC(C)(C)C(=O)[O-].CCCCC(C)(C)C(=O)[O-].[Cd+2]. The molecule has 0 saturated heterocycles. The van der Waals surface area contributed by atoms with Gasteiger partial charge in [0, 0.05) is 22.8 Å². The predicted octanol–water partition coefficient (Wildman–Crippen LogP) is 1.90. The summed E-state index contributed by atoms with van der Waals surface area (Å²) in [6, 6.07) is 0. The van der Waals surface area contributed by atoms with E-state index in [-0.39, 0.29) is 27.3 Å². The van der Waals surface area contributed by atoms with E-state index in [9.17, 15) is 19.8 Å². The second-order valence-corrected chi connectivity index (χ2v) is 6.55. The minimum absolute atomic E-state index is 0. The van der Waals surface area contributed by atoms with E-state index < -0.39 is 22.8 Å². The standard InChI is InChI=1S/2C8H16O2.Cd/c2*1-4-5-6-8(2,3)7(9)10;/h2*4-6H2,1-3H3,(H,9,10);/q;;+2/p-2. The Kier molecular flexibility index (Phi) is 15.2. The Hall–Kier alpha value is -0.138. The van der Waals surface area contributed by atoms with Crippen LogP contribution in [-0.4, -0.2) is 11.9 Å². The van der Waals surface area contributed by atoms with E-state index >= 15 is 0 Å². The molecule has 120 valence electrons. The average molecular weight is 399 g/mol. The summed E-state index contributed by atoms with van der Waals surface area (Å²) < 4.78 is 0. The van der Waals surface area contributed by atoms with Crippen molar-refractivity contribution < 1.29 is 47.1 Å². The van der Waals surface area contributed by atoms with Gasteiger partial charge in [-0.1, -0.05) is 67.2 Å². The molecule has 0 heterocycles. The maximum absolute atomic E-state index is 10.4. The molecule has 0 saturated carbocycles. The van der Waals surface area contributed by atoms with Gasteiger partial charge in [0.1, 0.15) is 0 Å². The van der Waals surface area contributed by atoms with Gasteiger partial charge in [0.05, 0.1) is 0 Å². The predicted molar refractivity (Wildman–Crippen MR) is 76.6 cm³/mol. The van der Waals surface area contributed by atoms with Crippen molar-refractivity contribution in [3.8, 4) is 0 Å². The van der Waals surface area contributed by atoms with Crippen molar-refractivity contribution in [1.82, 2.24) is 0 Å². The minimum atomic E-state index is -0.944. The van der Waals surface area contributed by atoms with Crippen LogP contribution in [0.2, 0.25) is 0 Å². The first-order valence-electron chi connectivity index (χ1n) is 7.44. The second-order valence-electron chi connectivity index (χ2n) is 6.55. The molecule has 0 aromatic rings. The number of unbranched alkanes of at least 4 members (excludes halogenated alkanes) is 2. The van der Waals surface area contributed by atoms with Crippen LogP contribution in [0.1, 0.15) is 80.1 Å². The molecule has 0 bridgehead atoms. The number of aliphatic carboxylic acids is 2. The summed E-state index contributed by atoms with van der Waals surface area (Å²) >= 11 is 0. The van der Waals surface area contributed by atoms with Crippen LogP contribution in [-0.2, 0) is 36.9 Å². The summed E-state index contributed by atoms with van der Waals surface area (Å²) in [6.45, 7) is 10.9. The van der Waals surface area contributed by atoms with Crippen LogP contribution in [0.3, 0.4) is 0 Å².